The van der Waals surface area contributed by atoms with Gasteiger partial charge in [-0.2, -0.15) is 0 Å². The van der Waals surface area contributed by atoms with Gasteiger partial charge in [-0.3, -0.25) is 0 Å². The van der Waals surface area contributed by atoms with Gasteiger partial charge in [0, 0.05) is 18.1 Å². The first-order chi connectivity index (χ1) is 7.34. The number of H-pyrrole nitrogens is 1. The highest BCUT2D eigenvalue weighted by molar-refractivity contribution is 5.25. The zero-order valence-electron chi connectivity index (χ0n) is 8.95. The lowest BCUT2D eigenvalue weighted by Gasteiger charge is -2.37. The molecular formula is C13H18NO+. The van der Waals surface area contributed by atoms with E-state index in [0.29, 0.717) is 5.92 Å². The molecule has 3 rings (SSSR count). The number of nitrogens with one attached hydrogen (secondary N) is 1. The van der Waals surface area contributed by atoms with E-state index in [-0.39, 0.29) is 6.10 Å². The summed E-state index contributed by atoms with van der Waals surface area (Å²) in [6, 6.07) is 4.32. The number of aromatic nitrogens is 1. The average molecular weight is 204 g/mol. The fourth-order valence-electron chi connectivity index (χ4n) is 3.32. The Balaban J connectivity index is 1.96. The number of hydrogen-bond donors (Lipinski definition) is 1. The van der Waals surface area contributed by atoms with Gasteiger partial charge in [-0.15, -0.1) is 0 Å². The summed E-state index contributed by atoms with van der Waals surface area (Å²) in [5, 5.41) is 9.76. The highest BCUT2D eigenvalue weighted by atomic mass is 16.3. The van der Waals surface area contributed by atoms with E-state index in [1.807, 2.05) is 6.20 Å². The number of rotatable bonds is 0. The minimum atomic E-state index is -0.0718. The molecule has 0 aromatic carbocycles. The first-order valence-electron chi connectivity index (χ1n) is 6.02. The van der Waals surface area contributed by atoms with E-state index in [2.05, 4.69) is 17.1 Å². The van der Waals surface area contributed by atoms with Crippen molar-refractivity contribution in [3.05, 3.63) is 29.6 Å². The van der Waals surface area contributed by atoms with Gasteiger partial charge in [-0.1, -0.05) is 0 Å². The first-order valence-corrected chi connectivity index (χ1v) is 6.02. The zero-order chi connectivity index (χ0) is 10.3. The van der Waals surface area contributed by atoms with Crippen molar-refractivity contribution in [1.29, 1.82) is 0 Å². The molecule has 1 aromatic heterocycles. The van der Waals surface area contributed by atoms with Crippen LogP contribution in [0.5, 0.6) is 0 Å². The Morgan fingerprint density at radius 3 is 3.13 bits per heavy atom. The Kier molecular flexibility index (Phi) is 2.24. The number of aliphatic hydroxyl groups is 1. The average Bonchev–Trinajstić information content (AvgIpc) is 2.29. The van der Waals surface area contributed by atoms with Crippen molar-refractivity contribution in [2.45, 2.75) is 44.1 Å². The van der Waals surface area contributed by atoms with Crippen LogP contribution in [0.2, 0.25) is 0 Å². The van der Waals surface area contributed by atoms with Gasteiger partial charge < -0.3 is 5.11 Å². The second-order valence-corrected chi connectivity index (χ2v) is 4.98. The summed E-state index contributed by atoms with van der Waals surface area (Å²) in [7, 11) is 0. The lowest BCUT2D eigenvalue weighted by molar-refractivity contribution is -0.392. The Labute approximate surface area is 90.4 Å². The fraction of sp³-hybridized carbons (Fsp3) is 0.615. The molecule has 0 bridgehead atoms. The van der Waals surface area contributed by atoms with Crippen molar-refractivity contribution < 1.29 is 10.1 Å². The van der Waals surface area contributed by atoms with Crippen molar-refractivity contribution >= 4 is 0 Å². The Bertz CT molecular complexity index is 363. The van der Waals surface area contributed by atoms with E-state index >= 15 is 0 Å². The summed E-state index contributed by atoms with van der Waals surface area (Å²) in [6.07, 6.45) is 7.61. The molecule has 2 heteroatoms. The number of aryl methyl sites for hydroxylation is 1. The molecule has 2 aliphatic carbocycles. The van der Waals surface area contributed by atoms with E-state index in [9.17, 15) is 5.11 Å². The summed E-state index contributed by atoms with van der Waals surface area (Å²) >= 11 is 0. The maximum atomic E-state index is 9.76. The summed E-state index contributed by atoms with van der Waals surface area (Å²) in [5.74, 6) is 1.42. The number of aliphatic hydroxyl groups excluding tert-OH is 1. The molecule has 0 amide bonds. The quantitative estimate of drug-likeness (QED) is 0.685. The van der Waals surface area contributed by atoms with Gasteiger partial charge in [0.2, 0.25) is 0 Å². The maximum absolute atomic E-state index is 9.76. The van der Waals surface area contributed by atoms with Gasteiger partial charge in [0.25, 0.3) is 0 Å². The van der Waals surface area contributed by atoms with Crippen LogP contribution in [0.4, 0.5) is 0 Å². The van der Waals surface area contributed by atoms with Crippen molar-refractivity contribution in [2.24, 2.45) is 5.92 Å². The van der Waals surface area contributed by atoms with Gasteiger partial charge in [0.1, 0.15) is 0 Å². The SMILES string of the molecule is OC1CCC2CCc3[nH+]cccc3C2C1. The van der Waals surface area contributed by atoms with Crippen molar-refractivity contribution in [3.8, 4) is 0 Å². The fourth-order valence-corrected chi connectivity index (χ4v) is 3.32. The Morgan fingerprint density at radius 2 is 2.20 bits per heavy atom. The topological polar surface area (TPSA) is 34.4 Å². The van der Waals surface area contributed by atoms with Crippen molar-refractivity contribution in [3.63, 3.8) is 0 Å². The van der Waals surface area contributed by atoms with Crippen LogP contribution in [-0.4, -0.2) is 11.2 Å². The molecule has 1 saturated carbocycles. The summed E-state index contributed by atoms with van der Waals surface area (Å²) < 4.78 is 0. The van der Waals surface area contributed by atoms with Crippen LogP contribution in [0.1, 0.15) is 42.9 Å². The molecule has 3 unspecified atom stereocenters. The molecule has 1 heterocycles. The largest absolute Gasteiger partial charge is 0.393 e. The maximum Gasteiger partial charge on any atom is 0.183 e. The molecule has 80 valence electrons. The van der Waals surface area contributed by atoms with Gasteiger partial charge >= 0.3 is 0 Å². The molecule has 0 saturated heterocycles. The minimum Gasteiger partial charge on any atom is -0.393 e. The number of hydrogen-bond acceptors (Lipinski definition) is 1. The van der Waals surface area contributed by atoms with Crippen LogP contribution >= 0.6 is 0 Å². The lowest BCUT2D eigenvalue weighted by atomic mass is 9.68. The molecule has 2 aliphatic rings. The highest BCUT2D eigenvalue weighted by Crippen LogP contribution is 2.43. The smallest absolute Gasteiger partial charge is 0.183 e. The monoisotopic (exact) mass is 204 g/mol. The second kappa shape index (κ2) is 3.60. The molecule has 0 radical (unpaired) electrons. The third-order valence-corrected chi connectivity index (χ3v) is 4.11. The van der Waals surface area contributed by atoms with E-state index in [1.54, 1.807) is 0 Å². The molecule has 1 aromatic rings. The standard InChI is InChI=1S/C13H17NO/c15-10-5-3-9-4-6-13-11(12(9)8-10)2-1-7-14-13/h1-2,7,9-10,12,15H,3-6,8H2/p+1. The number of aromatic amines is 1. The molecule has 0 aliphatic heterocycles. The van der Waals surface area contributed by atoms with Gasteiger partial charge in [0.05, 0.1) is 6.10 Å². The predicted molar refractivity (Wildman–Crippen MR) is 57.4 cm³/mol. The Hall–Kier alpha value is -0.890. The van der Waals surface area contributed by atoms with Crippen LogP contribution in [0.25, 0.3) is 0 Å². The molecule has 0 spiro atoms. The molecule has 15 heavy (non-hydrogen) atoms. The van der Waals surface area contributed by atoms with Crippen molar-refractivity contribution in [2.75, 3.05) is 0 Å². The first kappa shape index (κ1) is 9.34. The van der Waals surface area contributed by atoms with Crippen LogP contribution in [0.3, 0.4) is 0 Å². The molecular weight excluding hydrogens is 186 g/mol. The molecule has 1 fully saturated rings. The third-order valence-electron chi connectivity index (χ3n) is 4.11. The normalized spacial score (nSPS) is 34.3. The second-order valence-electron chi connectivity index (χ2n) is 4.98. The molecule has 2 N–H and O–H groups in total. The van der Waals surface area contributed by atoms with E-state index in [4.69, 9.17) is 0 Å². The summed E-state index contributed by atoms with van der Waals surface area (Å²) in [6.45, 7) is 0. The number of pyridine rings is 1. The van der Waals surface area contributed by atoms with Gasteiger partial charge in [-0.25, -0.2) is 4.98 Å². The van der Waals surface area contributed by atoms with E-state index < -0.39 is 0 Å². The zero-order valence-corrected chi connectivity index (χ0v) is 8.95. The van der Waals surface area contributed by atoms with Crippen LogP contribution < -0.4 is 4.98 Å². The highest BCUT2D eigenvalue weighted by Gasteiger charge is 2.36. The van der Waals surface area contributed by atoms with Crippen LogP contribution in [0.15, 0.2) is 18.3 Å². The van der Waals surface area contributed by atoms with E-state index in [0.717, 1.165) is 18.8 Å². The Morgan fingerprint density at radius 1 is 1.27 bits per heavy atom. The van der Waals surface area contributed by atoms with Gasteiger partial charge in [-0.05, 0) is 43.6 Å². The summed E-state index contributed by atoms with van der Waals surface area (Å²) in [4.78, 5) is 3.36. The van der Waals surface area contributed by atoms with Crippen molar-refractivity contribution in [1.82, 2.24) is 0 Å². The molecule has 3 atom stereocenters. The summed E-state index contributed by atoms with van der Waals surface area (Å²) in [5.41, 5.74) is 2.86. The minimum absolute atomic E-state index is 0.0718. The molecule has 2 nitrogen and oxygen atoms in total. The predicted octanol–water partition coefficient (Wildman–Crippen LogP) is 1.69. The van der Waals surface area contributed by atoms with E-state index in [1.165, 1.54) is 30.5 Å². The third kappa shape index (κ3) is 1.57. The van der Waals surface area contributed by atoms with Crippen LogP contribution in [-0.2, 0) is 6.42 Å². The lowest BCUT2D eigenvalue weighted by Crippen LogP contribution is -2.32. The van der Waals surface area contributed by atoms with Gasteiger partial charge in [0.15, 0.2) is 11.9 Å². The van der Waals surface area contributed by atoms with Crippen LogP contribution in [0, 0.1) is 5.92 Å². The number of fused-ring (bicyclic) bond motifs is 3.